The van der Waals surface area contributed by atoms with Crippen LogP contribution < -0.4 is 5.73 Å². The molecule has 3 heteroatoms. The van der Waals surface area contributed by atoms with E-state index in [1.807, 2.05) is 0 Å². The fourth-order valence-corrected chi connectivity index (χ4v) is 2.73. The maximum absolute atomic E-state index is 5.78. The first-order valence-electron chi connectivity index (χ1n) is 5.15. The summed E-state index contributed by atoms with van der Waals surface area (Å²) in [6.45, 7) is 6.55. The van der Waals surface area contributed by atoms with Crippen LogP contribution in [-0.4, -0.2) is 24.5 Å². The van der Waals surface area contributed by atoms with Crippen molar-refractivity contribution in [2.45, 2.75) is 19.9 Å². The van der Waals surface area contributed by atoms with E-state index in [4.69, 9.17) is 5.73 Å². The minimum absolute atomic E-state index is 0.357. The molecule has 14 heavy (non-hydrogen) atoms. The lowest BCUT2D eigenvalue weighted by atomic mass is 9.90. The molecule has 1 aromatic heterocycles. The van der Waals surface area contributed by atoms with Crippen molar-refractivity contribution in [1.82, 2.24) is 4.90 Å². The fraction of sp³-hybridized carbons (Fsp3) is 0.636. The molecule has 1 aromatic rings. The topological polar surface area (TPSA) is 29.3 Å². The summed E-state index contributed by atoms with van der Waals surface area (Å²) in [7, 11) is 0. The Morgan fingerprint density at radius 1 is 1.64 bits per heavy atom. The van der Waals surface area contributed by atoms with Gasteiger partial charge < -0.3 is 5.73 Å². The average molecular weight is 210 g/mol. The highest BCUT2D eigenvalue weighted by Crippen LogP contribution is 2.29. The van der Waals surface area contributed by atoms with Crippen molar-refractivity contribution in [3.63, 3.8) is 0 Å². The van der Waals surface area contributed by atoms with Gasteiger partial charge in [0.05, 0.1) is 0 Å². The maximum atomic E-state index is 5.78. The van der Waals surface area contributed by atoms with Gasteiger partial charge in [-0.15, -0.1) is 0 Å². The molecule has 78 valence electrons. The van der Waals surface area contributed by atoms with Crippen LogP contribution in [0.25, 0.3) is 0 Å². The number of likely N-dealkylation sites (tertiary alicyclic amines) is 1. The molecule has 1 fully saturated rings. The van der Waals surface area contributed by atoms with E-state index in [9.17, 15) is 0 Å². The summed E-state index contributed by atoms with van der Waals surface area (Å²) in [6.07, 6.45) is 1.24. The van der Waals surface area contributed by atoms with Gasteiger partial charge in [0.1, 0.15) is 0 Å². The van der Waals surface area contributed by atoms with Gasteiger partial charge >= 0.3 is 0 Å². The van der Waals surface area contributed by atoms with Gasteiger partial charge in [0, 0.05) is 13.1 Å². The molecular formula is C11H18N2S. The Hall–Kier alpha value is -0.380. The smallest absolute Gasteiger partial charge is 0.0242 e. The van der Waals surface area contributed by atoms with E-state index >= 15 is 0 Å². The van der Waals surface area contributed by atoms with E-state index in [2.05, 4.69) is 28.7 Å². The number of hydrogen-bond acceptors (Lipinski definition) is 3. The number of thiophene rings is 1. The van der Waals surface area contributed by atoms with Crippen molar-refractivity contribution in [3.05, 3.63) is 22.4 Å². The lowest BCUT2D eigenvalue weighted by Gasteiger charge is -2.22. The highest BCUT2D eigenvalue weighted by atomic mass is 32.1. The first-order valence-corrected chi connectivity index (χ1v) is 6.10. The van der Waals surface area contributed by atoms with E-state index in [1.165, 1.54) is 18.5 Å². The first kappa shape index (κ1) is 10.1. The largest absolute Gasteiger partial charge is 0.330 e. The lowest BCUT2D eigenvalue weighted by molar-refractivity contribution is 0.275. The second-order valence-corrected chi connectivity index (χ2v) is 5.39. The Bertz CT molecular complexity index is 283. The van der Waals surface area contributed by atoms with Crippen LogP contribution in [0.1, 0.15) is 18.9 Å². The van der Waals surface area contributed by atoms with Crippen LogP contribution in [-0.2, 0) is 6.54 Å². The van der Waals surface area contributed by atoms with Crippen molar-refractivity contribution >= 4 is 11.3 Å². The Labute approximate surface area is 89.7 Å². The molecule has 0 aromatic carbocycles. The zero-order valence-corrected chi connectivity index (χ0v) is 9.52. The molecule has 1 unspecified atom stereocenters. The summed E-state index contributed by atoms with van der Waals surface area (Å²) in [5.41, 5.74) is 7.58. The van der Waals surface area contributed by atoms with E-state index in [-0.39, 0.29) is 0 Å². The maximum Gasteiger partial charge on any atom is 0.0242 e. The number of hydrogen-bond donors (Lipinski definition) is 1. The van der Waals surface area contributed by atoms with Crippen LogP contribution in [0.2, 0.25) is 0 Å². The third kappa shape index (κ3) is 2.16. The van der Waals surface area contributed by atoms with Crippen molar-refractivity contribution < 1.29 is 0 Å². The summed E-state index contributed by atoms with van der Waals surface area (Å²) in [5.74, 6) is 0. The summed E-state index contributed by atoms with van der Waals surface area (Å²) in [4.78, 5) is 2.51. The van der Waals surface area contributed by atoms with Gasteiger partial charge in [-0.2, -0.15) is 11.3 Å². The van der Waals surface area contributed by atoms with Crippen LogP contribution in [0, 0.1) is 5.41 Å². The molecule has 2 heterocycles. The second kappa shape index (κ2) is 4.01. The molecule has 1 saturated heterocycles. The van der Waals surface area contributed by atoms with Crippen molar-refractivity contribution in [3.8, 4) is 0 Å². The highest BCUT2D eigenvalue weighted by Gasteiger charge is 2.32. The van der Waals surface area contributed by atoms with E-state index < -0.39 is 0 Å². The molecule has 0 radical (unpaired) electrons. The third-order valence-electron chi connectivity index (χ3n) is 3.12. The number of nitrogens with zero attached hydrogens (tertiary/aromatic N) is 1. The SMILES string of the molecule is CC1(CN)CCN(Cc2ccsc2)C1. The molecule has 1 aliphatic rings. The van der Waals surface area contributed by atoms with E-state index in [0.29, 0.717) is 5.41 Å². The molecule has 0 saturated carbocycles. The third-order valence-corrected chi connectivity index (χ3v) is 3.85. The van der Waals surface area contributed by atoms with E-state index in [0.717, 1.165) is 19.6 Å². The van der Waals surface area contributed by atoms with Crippen LogP contribution in [0.3, 0.4) is 0 Å². The van der Waals surface area contributed by atoms with Crippen molar-refractivity contribution in [1.29, 1.82) is 0 Å². The second-order valence-electron chi connectivity index (χ2n) is 4.61. The van der Waals surface area contributed by atoms with Crippen LogP contribution >= 0.6 is 11.3 Å². The monoisotopic (exact) mass is 210 g/mol. The van der Waals surface area contributed by atoms with Gasteiger partial charge in [-0.1, -0.05) is 6.92 Å². The lowest BCUT2D eigenvalue weighted by Crippen LogP contribution is -2.31. The van der Waals surface area contributed by atoms with Crippen molar-refractivity contribution in [2.24, 2.45) is 11.1 Å². The Morgan fingerprint density at radius 2 is 2.50 bits per heavy atom. The summed E-state index contributed by atoms with van der Waals surface area (Å²) >= 11 is 1.78. The van der Waals surface area contributed by atoms with Crippen LogP contribution in [0.4, 0.5) is 0 Å². The van der Waals surface area contributed by atoms with Crippen LogP contribution in [0.15, 0.2) is 16.8 Å². The van der Waals surface area contributed by atoms with Gasteiger partial charge in [0.15, 0.2) is 0 Å². The zero-order chi connectivity index (χ0) is 10.0. The van der Waals surface area contributed by atoms with Gasteiger partial charge in [-0.3, -0.25) is 4.90 Å². The average Bonchev–Trinajstić information content (AvgIpc) is 2.78. The molecule has 2 nitrogen and oxygen atoms in total. The number of rotatable bonds is 3. The van der Waals surface area contributed by atoms with Gasteiger partial charge in [0.2, 0.25) is 0 Å². The predicted octanol–water partition coefficient (Wildman–Crippen LogP) is 1.92. The minimum atomic E-state index is 0.357. The number of nitrogens with two attached hydrogens (primary N) is 1. The standard InChI is InChI=1S/C11H18N2S/c1-11(8-12)3-4-13(9-11)6-10-2-5-14-7-10/h2,5,7H,3-4,6,8-9,12H2,1H3. The Morgan fingerprint density at radius 3 is 3.07 bits per heavy atom. The quantitative estimate of drug-likeness (QED) is 0.826. The van der Waals surface area contributed by atoms with Gasteiger partial charge in [0.25, 0.3) is 0 Å². The minimum Gasteiger partial charge on any atom is -0.330 e. The normalized spacial score (nSPS) is 28.4. The molecule has 0 aliphatic carbocycles. The van der Waals surface area contributed by atoms with Crippen LogP contribution in [0.5, 0.6) is 0 Å². The summed E-state index contributed by atoms with van der Waals surface area (Å²) in [6, 6.07) is 2.21. The van der Waals surface area contributed by atoms with Crippen molar-refractivity contribution in [2.75, 3.05) is 19.6 Å². The predicted molar refractivity (Wildman–Crippen MR) is 61.4 cm³/mol. The summed E-state index contributed by atoms with van der Waals surface area (Å²) < 4.78 is 0. The fourth-order valence-electron chi connectivity index (χ4n) is 2.07. The molecule has 0 bridgehead atoms. The molecule has 1 aliphatic heterocycles. The van der Waals surface area contributed by atoms with E-state index in [1.54, 1.807) is 11.3 Å². The highest BCUT2D eigenvalue weighted by molar-refractivity contribution is 7.07. The zero-order valence-electron chi connectivity index (χ0n) is 8.70. The van der Waals surface area contributed by atoms with Gasteiger partial charge in [-0.25, -0.2) is 0 Å². The molecular weight excluding hydrogens is 192 g/mol. The molecule has 2 rings (SSSR count). The molecule has 2 N–H and O–H groups in total. The van der Waals surface area contributed by atoms with Gasteiger partial charge in [-0.05, 0) is 47.3 Å². The molecule has 0 spiro atoms. The first-order chi connectivity index (χ1) is 6.72. The Balaban J connectivity index is 1.90. The summed E-state index contributed by atoms with van der Waals surface area (Å²) in [5, 5.41) is 4.38. The Kier molecular flexibility index (Phi) is 2.91. The molecule has 1 atom stereocenters. The molecule has 0 amide bonds.